The van der Waals surface area contributed by atoms with Crippen LogP contribution in [0.5, 0.6) is 0 Å². The second-order valence-electron chi connectivity index (χ2n) is 6.55. The average molecular weight is 255 g/mol. The number of allylic oxidation sites excluding steroid dienone is 2. The summed E-state index contributed by atoms with van der Waals surface area (Å²) in [4.78, 5) is 0. The maximum absolute atomic E-state index is 3.71. The van der Waals surface area contributed by atoms with Crippen molar-refractivity contribution in [3.05, 3.63) is 47.0 Å². The minimum Gasteiger partial charge on any atom is -0.316 e. The topological polar surface area (TPSA) is 12.0 Å². The number of nitrogens with one attached hydrogen (secondary N) is 1. The number of rotatable bonds is 4. The summed E-state index contributed by atoms with van der Waals surface area (Å²) >= 11 is 0. The van der Waals surface area contributed by atoms with Crippen molar-refractivity contribution in [2.75, 3.05) is 13.1 Å². The monoisotopic (exact) mass is 255 g/mol. The first-order chi connectivity index (χ1) is 9.22. The summed E-state index contributed by atoms with van der Waals surface area (Å²) in [5.41, 5.74) is 4.71. The van der Waals surface area contributed by atoms with E-state index in [9.17, 15) is 0 Å². The highest BCUT2D eigenvalue weighted by Gasteiger charge is 2.25. The number of benzene rings is 1. The summed E-state index contributed by atoms with van der Waals surface area (Å²) in [7, 11) is 0. The van der Waals surface area contributed by atoms with Gasteiger partial charge in [0.15, 0.2) is 0 Å². The molecule has 0 aliphatic heterocycles. The SMILES string of the molecule is CC1=CC(C)CC(CNCC2Cc3ccccc32)C1. The van der Waals surface area contributed by atoms with Gasteiger partial charge in [-0.15, -0.1) is 0 Å². The smallest absolute Gasteiger partial charge is 0.00235 e. The van der Waals surface area contributed by atoms with Gasteiger partial charge in [-0.1, -0.05) is 42.8 Å². The zero-order valence-corrected chi connectivity index (χ0v) is 12.2. The van der Waals surface area contributed by atoms with Crippen LogP contribution in [-0.2, 0) is 6.42 Å². The van der Waals surface area contributed by atoms with E-state index in [1.807, 2.05) is 0 Å². The first-order valence-corrected chi connectivity index (χ1v) is 7.68. The van der Waals surface area contributed by atoms with Crippen molar-refractivity contribution in [1.29, 1.82) is 0 Å². The highest BCUT2D eigenvalue weighted by molar-refractivity contribution is 5.40. The fourth-order valence-electron chi connectivity index (χ4n) is 3.85. The van der Waals surface area contributed by atoms with E-state index in [1.54, 1.807) is 16.7 Å². The van der Waals surface area contributed by atoms with Crippen LogP contribution in [0.4, 0.5) is 0 Å². The Labute approximate surface area is 117 Å². The van der Waals surface area contributed by atoms with Gasteiger partial charge in [-0.2, -0.15) is 0 Å². The molecule has 0 radical (unpaired) electrons. The van der Waals surface area contributed by atoms with E-state index in [0.29, 0.717) is 0 Å². The van der Waals surface area contributed by atoms with Crippen molar-refractivity contribution in [1.82, 2.24) is 5.32 Å². The predicted molar refractivity (Wildman–Crippen MR) is 81.4 cm³/mol. The quantitative estimate of drug-likeness (QED) is 0.804. The Morgan fingerprint density at radius 3 is 2.79 bits per heavy atom. The largest absolute Gasteiger partial charge is 0.316 e. The van der Waals surface area contributed by atoms with Crippen LogP contribution in [0.3, 0.4) is 0 Å². The number of fused-ring (bicyclic) bond motifs is 1. The lowest BCUT2D eigenvalue weighted by Crippen LogP contribution is -2.33. The lowest BCUT2D eigenvalue weighted by molar-refractivity contribution is 0.373. The van der Waals surface area contributed by atoms with Crippen LogP contribution in [-0.4, -0.2) is 13.1 Å². The van der Waals surface area contributed by atoms with Crippen molar-refractivity contribution in [2.45, 2.75) is 39.0 Å². The Kier molecular flexibility index (Phi) is 3.74. The average Bonchev–Trinajstić information content (AvgIpc) is 2.34. The molecule has 0 spiro atoms. The van der Waals surface area contributed by atoms with Gasteiger partial charge in [-0.3, -0.25) is 0 Å². The molecule has 2 aliphatic carbocycles. The number of hydrogen-bond donors (Lipinski definition) is 1. The Hall–Kier alpha value is -1.08. The first kappa shape index (κ1) is 12.9. The standard InChI is InChI=1S/C18H25N/c1-13-7-14(2)9-15(8-13)11-19-12-17-10-16-5-3-4-6-18(16)17/h3-7,13,15,17,19H,8-12H2,1-2H3. The summed E-state index contributed by atoms with van der Waals surface area (Å²) in [6.45, 7) is 6.97. The Morgan fingerprint density at radius 1 is 1.16 bits per heavy atom. The Balaban J connectivity index is 1.44. The van der Waals surface area contributed by atoms with Gasteiger partial charge in [0, 0.05) is 12.5 Å². The highest BCUT2D eigenvalue weighted by atomic mass is 14.9. The van der Waals surface area contributed by atoms with E-state index >= 15 is 0 Å². The molecule has 1 aromatic rings. The van der Waals surface area contributed by atoms with Crippen LogP contribution in [0.2, 0.25) is 0 Å². The minimum absolute atomic E-state index is 0.758. The van der Waals surface area contributed by atoms with E-state index in [2.05, 4.69) is 49.5 Å². The molecule has 2 aliphatic rings. The molecule has 102 valence electrons. The molecule has 1 N–H and O–H groups in total. The Bertz CT molecular complexity index is 474. The first-order valence-electron chi connectivity index (χ1n) is 7.68. The van der Waals surface area contributed by atoms with Crippen LogP contribution >= 0.6 is 0 Å². The fourth-order valence-corrected chi connectivity index (χ4v) is 3.85. The van der Waals surface area contributed by atoms with Crippen LogP contribution in [0, 0.1) is 11.8 Å². The van der Waals surface area contributed by atoms with Gasteiger partial charge in [-0.05, 0) is 55.7 Å². The van der Waals surface area contributed by atoms with Gasteiger partial charge in [-0.25, -0.2) is 0 Å². The summed E-state index contributed by atoms with van der Waals surface area (Å²) in [5.74, 6) is 2.37. The lowest BCUT2D eigenvalue weighted by Gasteiger charge is -2.31. The van der Waals surface area contributed by atoms with Crippen LogP contribution in [0.25, 0.3) is 0 Å². The molecule has 3 atom stereocenters. The summed E-state index contributed by atoms with van der Waals surface area (Å²) in [5, 5.41) is 3.71. The van der Waals surface area contributed by atoms with Crippen molar-refractivity contribution < 1.29 is 0 Å². The minimum atomic E-state index is 0.758. The molecule has 0 heterocycles. The van der Waals surface area contributed by atoms with Crippen molar-refractivity contribution in [3.8, 4) is 0 Å². The van der Waals surface area contributed by atoms with Crippen LogP contribution in [0.1, 0.15) is 43.7 Å². The van der Waals surface area contributed by atoms with E-state index in [-0.39, 0.29) is 0 Å². The van der Waals surface area contributed by atoms with Crippen molar-refractivity contribution in [3.63, 3.8) is 0 Å². The van der Waals surface area contributed by atoms with E-state index in [0.717, 1.165) is 24.3 Å². The zero-order chi connectivity index (χ0) is 13.2. The fraction of sp³-hybridized carbons (Fsp3) is 0.556. The number of hydrogen-bond acceptors (Lipinski definition) is 1. The highest BCUT2D eigenvalue weighted by Crippen LogP contribution is 2.34. The zero-order valence-electron chi connectivity index (χ0n) is 12.2. The second kappa shape index (κ2) is 5.50. The lowest BCUT2D eigenvalue weighted by atomic mass is 9.77. The maximum Gasteiger partial charge on any atom is 0.00235 e. The third-order valence-corrected chi connectivity index (χ3v) is 4.67. The molecule has 0 saturated heterocycles. The van der Waals surface area contributed by atoms with Gasteiger partial charge < -0.3 is 5.32 Å². The molecule has 0 bridgehead atoms. The summed E-state index contributed by atoms with van der Waals surface area (Å²) in [6, 6.07) is 8.88. The van der Waals surface area contributed by atoms with E-state index < -0.39 is 0 Å². The molecule has 1 nitrogen and oxygen atoms in total. The molecule has 0 saturated carbocycles. The third-order valence-electron chi connectivity index (χ3n) is 4.67. The molecular formula is C18H25N. The van der Waals surface area contributed by atoms with E-state index in [4.69, 9.17) is 0 Å². The normalized spacial score (nSPS) is 29.4. The second-order valence-corrected chi connectivity index (χ2v) is 6.55. The van der Waals surface area contributed by atoms with Gasteiger partial charge in [0.05, 0.1) is 0 Å². The molecule has 0 amide bonds. The predicted octanol–water partition coefficient (Wildman–Crippen LogP) is 3.91. The summed E-state index contributed by atoms with van der Waals surface area (Å²) in [6.07, 6.45) is 6.35. The maximum atomic E-state index is 3.71. The molecular weight excluding hydrogens is 230 g/mol. The molecule has 3 unspecified atom stereocenters. The van der Waals surface area contributed by atoms with E-state index in [1.165, 1.54) is 25.8 Å². The van der Waals surface area contributed by atoms with Crippen molar-refractivity contribution in [2.24, 2.45) is 11.8 Å². The molecule has 19 heavy (non-hydrogen) atoms. The Morgan fingerprint density at radius 2 is 2.00 bits per heavy atom. The summed E-state index contributed by atoms with van der Waals surface area (Å²) < 4.78 is 0. The molecule has 1 aromatic carbocycles. The van der Waals surface area contributed by atoms with Gasteiger partial charge in [0.1, 0.15) is 0 Å². The molecule has 0 fully saturated rings. The third kappa shape index (κ3) is 2.92. The molecule has 0 aromatic heterocycles. The van der Waals surface area contributed by atoms with Crippen LogP contribution in [0.15, 0.2) is 35.9 Å². The van der Waals surface area contributed by atoms with Gasteiger partial charge in [0.25, 0.3) is 0 Å². The van der Waals surface area contributed by atoms with Crippen LogP contribution < -0.4 is 5.32 Å². The van der Waals surface area contributed by atoms with Crippen molar-refractivity contribution >= 4 is 0 Å². The molecule has 1 heteroatoms. The van der Waals surface area contributed by atoms with Gasteiger partial charge >= 0.3 is 0 Å². The molecule has 3 rings (SSSR count). The van der Waals surface area contributed by atoms with Gasteiger partial charge in [0.2, 0.25) is 0 Å².